The molecule has 0 heterocycles. The Balaban J connectivity index is 2.63. The highest BCUT2D eigenvalue weighted by molar-refractivity contribution is 5.83. The second kappa shape index (κ2) is 3.13. The molecular formula is C14H16. The fourth-order valence-electron chi connectivity index (χ4n) is 1.66. The van der Waals surface area contributed by atoms with E-state index in [4.69, 9.17) is 0 Å². The molecule has 0 unspecified atom stereocenters. The van der Waals surface area contributed by atoms with Crippen molar-refractivity contribution in [2.75, 3.05) is 0 Å². The summed E-state index contributed by atoms with van der Waals surface area (Å²) in [7, 11) is 0. The SMILES string of the molecule is CC(C)(C)c1ccc2ccccc2c1. The second-order valence-corrected chi connectivity index (χ2v) is 4.81. The van der Waals surface area contributed by atoms with E-state index in [1.165, 1.54) is 16.3 Å². The van der Waals surface area contributed by atoms with Crippen molar-refractivity contribution >= 4 is 10.8 Å². The zero-order valence-corrected chi connectivity index (χ0v) is 9.04. The van der Waals surface area contributed by atoms with Crippen molar-refractivity contribution in [1.29, 1.82) is 0 Å². The van der Waals surface area contributed by atoms with Crippen LogP contribution in [0.2, 0.25) is 0 Å². The van der Waals surface area contributed by atoms with E-state index in [1.54, 1.807) is 0 Å². The van der Waals surface area contributed by atoms with E-state index in [-0.39, 0.29) is 5.41 Å². The molecule has 0 N–H and O–H groups in total. The van der Waals surface area contributed by atoms with Gasteiger partial charge in [0.1, 0.15) is 0 Å². The molecule has 0 heteroatoms. The Morgan fingerprint density at radius 1 is 0.786 bits per heavy atom. The maximum atomic E-state index is 2.29. The summed E-state index contributed by atoms with van der Waals surface area (Å²) < 4.78 is 0. The zero-order chi connectivity index (χ0) is 10.2. The summed E-state index contributed by atoms with van der Waals surface area (Å²) in [6.07, 6.45) is 0. The lowest BCUT2D eigenvalue weighted by molar-refractivity contribution is 0.591. The van der Waals surface area contributed by atoms with Crippen molar-refractivity contribution in [1.82, 2.24) is 0 Å². The molecule has 0 saturated heterocycles. The molecule has 0 amide bonds. The van der Waals surface area contributed by atoms with Crippen LogP contribution >= 0.6 is 0 Å². The van der Waals surface area contributed by atoms with Crippen LogP contribution < -0.4 is 0 Å². The summed E-state index contributed by atoms with van der Waals surface area (Å²) in [5, 5.41) is 2.65. The van der Waals surface area contributed by atoms with Gasteiger partial charge < -0.3 is 0 Å². The van der Waals surface area contributed by atoms with Gasteiger partial charge in [0.2, 0.25) is 0 Å². The Bertz CT molecular complexity index is 447. The molecule has 14 heavy (non-hydrogen) atoms. The Labute approximate surface area is 85.6 Å². The maximum absolute atomic E-state index is 2.29. The molecule has 0 aliphatic heterocycles. The van der Waals surface area contributed by atoms with Gasteiger partial charge in [-0.2, -0.15) is 0 Å². The number of hydrogen-bond donors (Lipinski definition) is 0. The third-order valence-corrected chi connectivity index (χ3v) is 2.62. The van der Waals surface area contributed by atoms with Crippen LogP contribution in [0.4, 0.5) is 0 Å². The molecule has 72 valence electrons. The van der Waals surface area contributed by atoms with Crippen molar-refractivity contribution in [3.8, 4) is 0 Å². The van der Waals surface area contributed by atoms with Gasteiger partial charge in [-0.15, -0.1) is 0 Å². The quantitative estimate of drug-likeness (QED) is 0.577. The van der Waals surface area contributed by atoms with Gasteiger partial charge in [0.25, 0.3) is 0 Å². The fraction of sp³-hybridized carbons (Fsp3) is 0.286. The molecule has 0 radical (unpaired) electrons. The summed E-state index contributed by atoms with van der Waals surface area (Å²) in [6.45, 7) is 6.74. The van der Waals surface area contributed by atoms with E-state index in [2.05, 4.69) is 63.2 Å². The Hall–Kier alpha value is -1.30. The molecule has 0 aliphatic carbocycles. The largest absolute Gasteiger partial charge is 0.0616 e. The summed E-state index contributed by atoms with van der Waals surface area (Å²) in [5.74, 6) is 0. The van der Waals surface area contributed by atoms with Crippen LogP contribution in [-0.4, -0.2) is 0 Å². The summed E-state index contributed by atoms with van der Waals surface area (Å²) >= 11 is 0. The van der Waals surface area contributed by atoms with E-state index < -0.39 is 0 Å². The van der Waals surface area contributed by atoms with E-state index in [0.717, 1.165) is 0 Å². The summed E-state index contributed by atoms with van der Waals surface area (Å²) in [5.41, 5.74) is 1.64. The average molecular weight is 184 g/mol. The molecule has 2 aromatic rings. The minimum Gasteiger partial charge on any atom is -0.0616 e. The standard InChI is InChI=1S/C14H16/c1-14(2,3)13-9-8-11-6-4-5-7-12(11)10-13/h4-10H,1-3H3. The van der Waals surface area contributed by atoms with Gasteiger partial charge in [0.15, 0.2) is 0 Å². The lowest BCUT2D eigenvalue weighted by Crippen LogP contribution is -2.10. The lowest BCUT2D eigenvalue weighted by Gasteiger charge is -2.19. The van der Waals surface area contributed by atoms with Crippen molar-refractivity contribution in [2.24, 2.45) is 0 Å². The fourth-order valence-corrected chi connectivity index (χ4v) is 1.66. The molecule has 0 fully saturated rings. The second-order valence-electron chi connectivity index (χ2n) is 4.81. The highest BCUT2D eigenvalue weighted by Gasteiger charge is 2.13. The van der Waals surface area contributed by atoms with E-state index in [1.807, 2.05) is 0 Å². The third-order valence-electron chi connectivity index (χ3n) is 2.62. The first kappa shape index (κ1) is 9.26. The molecule has 0 atom stereocenters. The molecular weight excluding hydrogens is 168 g/mol. The van der Waals surface area contributed by atoms with Crippen molar-refractivity contribution in [2.45, 2.75) is 26.2 Å². The van der Waals surface area contributed by atoms with Gasteiger partial charge in [0, 0.05) is 0 Å². The molecule has 2 rings (SSSR count). The summed E-state index contributed by atoms with van der Waals surface area (Å²) in [6, 6.07) is 15.2. The number of benzene rings is 2. The van der Waals surface area contributed by atoms with E-state index in [9.17, 15) is 0 Å². The van der Waals surface area contributed by atoms with Gasteiger partial charge >= 0.3 is 0 Å². The van der Waals surface area contributed by atoms with E-state index in [0.29, 0.717) is 0 Å². The van der Waals surface area contributed by atoms with Gasteiger partial charge in [-0.3, -0.25) is 0 Å². The van der Waals surface area contributed by atoms with Crippen molar-refractivity contribution in [3.05, 3.63) is 48.0 Å². The first-order valence-corrected chi connectivity index (χ1v) is 5.07. The first-order chi connectivity index (χ1) is 6.57. The minimum atomic E-state index is 0.240. The molecule has 0 spiro atoms. The Kier molecular flexibility index (Phi) is 2.07. The van der Waals surface area contributed by atoms with Crippen LogP contribution in [0.25, 0.3) is 10.8 Å². The third kappa shape index (κ3) is 1.65. The Morgan fingerprint density at radius 2 is 1.43 bits per heavy atom. The first-order valence-electron chi connectivity index (χ1n) is 5.07. The van der Waals surface area contributed by atoms with Gasteiger partial charge in [0.05, 0.1) is 0 Å². The predicted octanol–water partition coefficient (Wildman–Crippen LogP) is 4.14. The number of rotatable bonds is 0. The van der Waals surface area contributed by atoms with Crippen LogP contribution in [0.5, 0.6) is 0 Å². The van der Waals surface area contributed by atoms with E-state index >= 15 is 0 Å². The minimum absolute atomic E-state index is 0.240. The highest BCUT2D eigenvalue weighted by Crippen LogP contribution is 2.25. The Morgan fingerprint density at radius 3 is 2.07 bits per heavy atom. The number of fused-ring (bicyclic) bond motifs is 1. The molecule has 0 aromatic heterocycles. The lowest BCUT2D eigenvalue weighted by atomic mass is 9.86. The highest BCUT2D eigenvalue weighted by atomic mass is 14.2. The predicted molar refractivity (Wildman–Crippen MR) is 62.6 cm³/mol. The maximum Gasteiger partial charge on any atom is -0.0132 e. The normalized spacial score (nSPS) is 11.9. The van der Waals surface area contributed by atoms with Crippen molar-refractivity contribution < 1.29 is 0 Å². The molecule has 0 saturated carbocycles. The van der Waals surface area contributed by atoms with Crippen LogP contribution in [0.3, 0.4) is 0 Å². The van der Waals surface area contributed by atoms with Gasteiger partial charge in [-0.25, -0.2) is 0 Å². The number of hydrogen-bond acceptors (Lipinski definition) is 0. The zero-order valence-electron chi connectivity index (χ0n) is 9.04. The van der Waals surface area contributed by atoms with Crippen LogP contribution in [-0.2, 0) is 5.41 Å². The monoisotopic (exact) mass is 184 g/mol. The molecule has 0 bridgehead atoms. The van der Waals surface area contributed by atoms with Crippen LogP contribution in [0.1, 0.15) is 26.3 Å². The molecule has 0 aliphatic rings. The molecule has 2 aromatic carbocycles. The van der Waals surface area contributed by atoms with Gasteiger partial charge in [-0.05, 0) is 21.8 Å². The summed E-state index contributed by atoms with van der Waals surface area (Å²) in [4.78, 5) is 0. The smallest absolute Gasteiger partial charge is 0.0132 e. The topological polar surface area (TPSA) is 0 Å². The van der Waals surface area contributed by atoms with Gasteiger partial charge in [-0.1, -0.05) is 63.2 Å². The van der Waals surface area contributed by atoms with Crippen LogP contribution in [0, 0.1) is 0 Å². The average Bonchev–Trinajstić information content (AvgIpc) is 2.16. The van der Waals surface area contributed by atoms with Crippen molar-refractivity contribution in [3.63, 3.8) is 0 Å². The molecule has 0 nitrogen and oxygen atoms in total. The van der Waals surface area contributed by atoms with Crippen LogP contribution in [0.15, 0.2) is 42.5 Å².